The molecule has 0 spiro atoms. The molecule has 3 aromatic carbocycles. The predicted molar refractivity (Wildman–Crippen MR) is 123 cm³/mol. The number of halogens is 3. The standard InChI is InChI=1S/C26H21F3O6/c1-16(30)34-24-14-19(26(27,28)29)8-11-23(24)25(31)35-20-9-6-17(7-10-20)4-5-18-12-21(32-2)15-22(13-18)33-3/h4-15H,1-3H3/b5-4+. The number of methoxy groups -OCH3 is 2. The molecule has 0 aliphatic rings. The van der Waals surface area contributed by atoms with E-state index in [4.69, 9.17) is 18.9 Å². The molecule has 3 rings (SSSR count). The molecule has 0 aliphatic carbocycles. The lowest BCUT2D eigenvalue weighted by molar-refractivity contribution is -0.138. The van der Waals surface area contributed by atoms with Crippen molar-refractivity contribution < 1.29 is 41.7 Å². The highest BCUT2D eigenvalue weighted by atomic mass is 19.4. The van der Waals surface area contributed by atoms with Gasteiger partial charge < -0.3 is 18.9 Å². The predicted octanol–water partition coefficient (Wildman–Crippen LogP) is 6.04. The Morgan fingerprint density at radius 2 is 1.34 bits per heavy atom. The lowest BCUT2D eigenvalue weighted by atomic mass is 10.1. The van der Waals surface area contributed by atoms with Crippen LogP contribution in [0, 0.1) is 0 Å². The van der Waals surface area contributed by atoms with E-state index < -0.39 is 29.4 Å². The molecule has 0 aromatic heterocycles. The molecule has 0 heterocycles. The van der Waals surface area contributed by atoms with Crippen LogP contribution in [0.5, 0.6) is 23.0 Å². The quantitative estimate of drug-likeness (QED) is 0.231. The lowest BCUT2D eigenvalue weighted by Crippen LogP contribution is -2.14. The van der Waals surface area contributed by atoms with Crippen LogP contribution < -0.4 is 18.9 Å². The molecule has 0 saturated carbocycles. The monoisotopic (exact) mass is 486 g/mol. The van der Waals surface area contributed by atoms with Crippen LogP contribution in [0.2, 0.25) is 0 Å². The van der Waals surface area contributed by atoms with Gasteiger partial charge in [0.15, 0.2) is 0 Å². The smallest absolute Gasteiger partial charge is 0.416 e. The van der Waals surface area contributed by atoms with Crippen molar-refractivity contribution in [1.29, 1.82) is 0 Å². The third-order valence-electron chi connectivity index (χ3n) is 4.72. The van der Waals surface area contributed by atoms with E-state index in [9.17, 15) is 22.8 Å². The second-order valence-corrected chi connectivity index (χ2v) is 7.24. The summed E-state index contributed by atoms with van der Waals surface area (Å²) in [5.41, 5.74) is 0.262. The maximum Gasteiger partial charge on any atom is 0.416 e. The highest BCUT2D eigenvalue weighted by Gasteiger charge is 2.32. The van der Waals surface area contributed by atoms with Gasteiger partial charge in [0.2, 0.25) is 0 Å². The van der Waals surface area contributed by atoms with Crippen LogP contribution in [0.4, 0.5) is 13.2 Å². The minimum atomic E-state index is -4.67. The summed E-state index contributed by atoms with van der Waals surface area (Å²) in [7, 11) is 3.12. The van der Waals surface area contributed by atoms with Gasteiger partial charge in [0, 0.05) is 13.0 Å². The number of benzene rings is 3. The van der Waals surface area contributed by atoms with Crippen molar-refractivity contribution in [3.63, 3.8) is 0 Å². The second kappa shape index (κ2) is 10.8. The molecule has 35 heavy (non-hydrogen) atoms. The van der Waals surface area contributed by atoms with E-state index in [1.807, 2.05) is 24.3 Å². The van der Waals surface area contributed by atoms with Gasteiger partial charge in [0.25, 0.3) is 0 Å². The van der Waals surface area contributed by atoms with Crippen molar-refractivity contribution >= 4 is 24.1 Å². The normalized spacial score (nSPS) is 11.3. The number of hydrogen-bond donors (Lipinski definition) is 0. The first-order valence-corrected chi connectivity index (χ1v) is 10.2. The first-order chi connectivity index (χ1) is 16.6. The summed E-state index contributed by atoms with van der Waals surface area (Å²) >= 11 is 0. The van der Waals surface area contributed by atoms with Crippen LogP contribution in [0.3, 0.4) is 0 Å². The van der Waals surface area contributed by atoms with Gasteiger partial charge in [0.05, 0.1) is 19.8 Å². The van der Waals surface area contributed by atoms with E-state index in [-0.39, 0.29) is 11.3 Å². The van der Waals surface area contributed by atoms with Gasteiger partial charge in [-0.15, -0.1) is 0 Å². The highest BCUT2D eigenvalue weighted by Crippen LogP contribution is 2.34. The topological polar surface area (TPSA) is 71.1 Å². The van der Waals surface area contributed by atoms with Gasteiger partial charge >= 0.3 is 18.1 Å². The Morgan fingerprint density at radius 1 is 0.743 bits per heavy atom. The molecule has 3 aromatic rings. The SMILES string of the molecule is COc1cc(/C=C/c2ccc(OC(=O)c3ccc(C(F)(F)F)cc3OC(C)=O)cc2)cc(OC)c1. The zero-order valence-electron chi connectivity index (χ0n) is 19.0. The summed E-state index contributed by atoms with van der Waals surface area (Å²) in [4.78, 5) is 23.9. The molecule has 0 unspecified atom stereocenters. The fourth-order valence-electron chi connectivity index (χ4n) is 3.03. The number of hydrogen-bond acceptors (Lipinski definition) is 6. The van der Waals surface area contributed by atoms with Gasteiger partial charge in [-0.25, -0.2) is 4.79 Å². The van der Waals surface area contributed by atoms with Gasteiger partial charge in [-0.05, 0) is 53.6 Å². The Kier molecular flexibility index (Phi) is 7.80. The van der Waals surface area contributed by atoms with Crippen LogP contribution in [0.1, 0.15) is 34.0 Å². The molecular weight excluding hydrogens is 465 g/mol. The average Bonchev–Trinajstić information content (AvgIpc) is 2.82. The third-order valence-corrected chi connectivity index (χ3v) is 4.72. The Labute approximate surface area is 199 Å². The minimum absolute atomic E-state index is 0.156. The Bertz CT molecular complexity index is 1220. The van der Waals surface area contributed by atoms with Crippen molar-refractivity contribution in [3.8, 4) is 23.0 Å². The fraction of sp³-hybridized carbons (Fsp3) is 0.154. The van der Waals surface area contributed by atoms with Gasteiger partial charge in [-0.3, -0.25) is 4.79 Å². The van der Waals surface area contributed by atoms with E-state index in [1.165, 1.54) is 12.1 Å². The molecule has 9 heteroatoms. The largest absolute Gasteiger partial charge is 0.497 e. The number of rotatable bonds is 7. The summed E-state index contributed by atoms with van der Waals surface area (Å²) in [5.74, 6) is -0.940. The zero-order chi connectivity index (χ0) is 25.6. The summed E-state index contributed by atoms with van der Waals surface area (Å²) < 4.78 is 59.5. The molecule has 0 bridgehead atoms. The summed E-state index contributed by atoms with van der Waals surface area (Å²) in [6.07, 6.45) is -0.995. The van der Waals surface area contributed by atoms with E-state index in [0.29, 0.717) is 23.6 Å². The zero-order valence-corrected chi connectivity index (χ0v) is 19.0. The molecule has 0 fully saturated rings. The number of carbonyl (C=O) groups is 2. The van der Waals surface area contributed by atoms with Crippen LogP contribution >= 0.6 is 0 Å². The summed E-state index contributed by atoms with van der Waals surface area (Å²) in [5, 5.41) is 0. The summed E-state index contributed by atoms with van der Waals surface area (Å²) in [6, 6.07) is 14.1. The third kappa shape index (κ3) is 6.86. The maximum absolute atomic E-state index is 13.0. The molecule has 182 valence electrons. The van der Waals surface area contributed by atoms with Gasteiger partial charge in [-0.1, -0.05) is 24.3 Å². The fourth-order valence-corrected chi connectivity index (χ4v) is 3.03. The number of alkyl halides is 3. The van der Waals surface area contributed by atoms with Crippen molar-refractivity contribution in [2.24, 2.45) is 0 Å². The van der Waals surface area contributed by atoms with Crippen LogP contribution in [-0.4, -0.2) is 26.2 Å². The average molecular weight is 486 g/mol. The minimum Gasteiger partial charge on any atom is -0.497 e. The van der Waals surface area contributed by atoms with Gasteiger partial charge in [-0.2, -0.15) is 13.2 Å². The van der Waals surface area contributed by atoms with Crippen LogP contribution in [0.15, 0.2) is 60.7 Å². The van der Waals surface area contributed by atoms with Crippen molar-refractivity contribution in [1.82, 2.24) is 0 Å². The van der Waals surface area contributed by atoms with Crippen molar-refractivity contribution in [2.75, 3.05) is 14.2 Å². The number of esters is 2. The molecule has 0 amide bonds. The van der Waals surface area contributed by atoms with E-state index in [2.05, 4.69) is 0 Å². The number of ether oxygens (including phenoxy) is 4. The van der Waals surface area contributed by atoms with Gasteiger partial charge in [0.1, 0.15) is 28.6 Å². The first-order valence-electron chi connectivity index (χ1n) is 10.2. The maximum atomic E-state index is 13.0. The van der Waals surface area contributed by atoms with E-state index >= 15 is 0 Å². The number of carbonyl (C=O) groups excluding carboxylic acids is 2. The molecule has 6 nitrogen and oxygen atoms in total. The van der Waals surface area contributed by atoms with E-state index in [1.54, 1.807) is 32.4 Å². The molecule has 0 aliphatic heterocycles. The second-order valence-electron chi connectivity index (χ2n) is 7.24. The van der Waals surface area contributed by atoms with Crippen molar-refractivity contribution in [2.45, 2.75) is 13.1 Å². The Hall–Kier alpha value is -4.27. The molecule has 0 N–H and O–H groups in total. The molecular formula is C26H21F3O6. The highest BCUT2D eigenvalue weighted by molar-refractivity contribution is 5.95. The van der Waals surface area contributed by atoms with E-state index in [0.717, 1.165) is 24.1 Å². The van der Waals surface area contributed by atoms with Crippen molar-refractivity contribution in [3.05, 3.63) is 82.9 Å². The summed E-state index contributed by atoms with van der Waals surface area (Å²) in [6.45, 7) is 1.02. The van der Waals surface area contributed by atoms with Crippen LogP contribution in [-0.2, 0) is 11.0 Å². The van der Waals surface area contributed by atoms with Crippen LogP contribution in [0.25, 0.3) is 12.2 Å². The first kappa shape index (κ1) is 25.4. The molecule has 0 saturated heterocycles. The molecule has 0 atom stereocenters. The lowest BCUT2D eigenvalue weighted by Gasteiger charge is -2.12. The Morgan fingerprint density at radius 3 is 1.89 bits per heavy atom. The Balaban J connectivity index is 1.76. The molecule has 0 radical (unpaired) electrons.